The molecule has 0 aliphatic heterocycles. The molecule has 76 valence electrons. The van der Waals surface area contributed by atoms with Crippen LogP contribution in [-0.4, -0.2) is 17.2 Å². The van der Waals surface area contributed by atoms with Crippen LogP contribution in [0.4, 0.5) is 0 Å². The zero-order chi connectivity index (χ0) is 10.7. The number of aromatic nitrogens is 1. The maximum absolute atomic E-state index is 9.88. The van der Waals surface area contributed by atoms with Crippen molar-refractivity contribution in [1.82, 2.24) is 4.98 Å². The van der Waals surface area contributed by atoms with Crippen molar-refractivity contribution >= 4 is 0 Å². The van der Waals surface area contributed by atoms with Gasteiger partial charge in [-0.15, -0.1) is 0 Å². The number of hydrogen-bond acceptors (Lipinski definition) is 3. The van der Waals surface area contributed by atoms with Gasteiger partial charge in [-0.05, 0) is 24.3 Å². The van der Waals surface area contributed by atoms with Crippen molar-refractivity contribution < 1.29 is 9.84 Å². The summed E-state index contributed by atoms with van der Waals surface area (Å²) in [6.07, 6.45) is 1.69. The SMILES string of the molecule is COc1cccc(-c2ccccn2)c1O. The van der Waals surface area contributed by atoms with Crippen molar-refractivity contribution in [3.05, 3.63) is 42.6 Å². The zero-order valence-electron chi connectivity index (χ0n) is 8.34. The Morgan fingerprint density at radius 2 is 2.00 bits per heavy atom. The molecule has 15 heavy (non-hydrogen) atoms. The number of para-hydroxylation sites is 1. The van der Waals surface area contributed by atoms with Crippen LogP contribution in [0.2, 0.25) is 0 Å². The molecule has 0 saturated carbocycles. The molecule has 1 heterocycles. The molecular weight excluding hydrogens is 190 g/mol. The predicted octanol–water partition coefficient (Wildman–Crippen LogP) is 2.46. The number of nitrogens with zero attached hydrogens (tertiary/aromatic N) is 1. The lowest BCUT2D eigenvalue weighted by Gasteiger charge is -2.07. The first-order chi connectivity index (χ1) is 7.33. The van der Waals surface area contributed by atoms with E-state index >= 15 is 0 Å². The van der Waals surface area contributed by atoms with E-state index in [1.165, 1.54) is 7.11 Å². The summed E-state index contributed by atoms with van der Waals surface area (Å²) in [6.45, 7) is 0. The molecule has 2 rings (SSSR count). The Balaban J connectivity index is 2.54. The van der Waals surface area contributed by atoms with Gasteiger partial charge in [0.05, 0.1) is 12.8 Å². The van der Waals surface area contributed by atoms with E-state index in [9.17, 15) is 5.11 Å². The molecule has 1 N–H and O–H groups in total. The van der Waals surface area contributed by atoms with Crippen LogP contribution in [0.5, 0.6) is 11.5 Å². The first-order valence-corrected chi connectivity index (χ1v) is 4.60. The number of pyridine rings is 1. The fraction of sp³-hybridized carbons (Fsp3) is 0.0833. The molecule has 0 saturated heterocycles. The van der Waals surface area contributed by atoms with Crippen LogP contribution < -0.4 is 4.74 Å². The summed E-state index contributed by atoms with van der Waals surface area (Å²) in [6, 6.07) is 10.9. The lowest BCUT2D eigenvalue weighted by molar-refractivity contribution is 0.374. The van der Waals surface area contributed by atoms with E-state index in [1.54, 1.807) is 18.3 Å². The molecule has 3 nitrogen and oxygen atoms in total. The Kier molecular flexibility index (Phi) is 2.54. The summed E-state index contributed by atoms with van der Waals surface area (Å²) in [5.74, 6) is 0.580. The number of rotatable bonds is 2. The Morgan fingerprint density at radius 3 is 2.67 bits per heavy atom. The largest absolute Gasteiger partial charge is 0.504 e. The van der Waals surface area contributed by atoms with Gasteiger partial charge >= 0.3 is 0 Å². The van der Waals surface area contributed by atoms with E-state index in [-0.39, 0.29) is 5.75 Å². The normalized spacial score (nSPS) is 9.93. The fourth-order valence-corrected chi connectivity index (χ4v) is 1.42. The predicted molar refractivity (Wildman–Crippen MR) is 57.9 cm³/mol. The molecule has 0 radical (unpaired) electrons. The number of methoxy groups -OCH3 is 1. The van der Waals surface area contributed by atoms with Crippen molar-refractivity contribution in [3.8, 4) is 22.8 Å². The van der Waals surface area contributed by atoms with E-state index in [4.69, 9.17) is 4.74 Å². The van der Waals surface area contributed by atoms with E-state index in [0.29, 0.717) is 11.3 Å². The summed E-state index contributed by atoms with van der Waals surface area (Å²) in [4.78, 5) is 4.17. The van der Waals surface area contributed by atoms with Gasteiger partial charge in [-0.3, -0.25) is 4.98 Å². The van der Waals surface area contributed by atoms with Crippen molar-refractivity contribution in [2.24, 2.45) is 0 Å². The van der Waals surface area contributed by atoms with Crippen LogP contribution >= 0.6 is 0 Å². The highest BCUT2D eigenvalue weighted by molar-refractivity contribution is 5.70. The van der Waals surface area contributed by atoms with Crippen molar-refractivity contribution in [1.29, 1.82) is 0 Å². The first kappa shape index (κ1) is 9.52. The van der Waals surface area contributed by atoms with Gasteiger partial charge < -0.3 is 9.84 Å². The third-order valence-electron chi connectivity index (χ3n) is 2.16. The standard InChI is InChI=1S/C12H11NO2/c1-15-11-7-4-5-9(12(11)14)10-6-2-3-8-13-10/h2-8,14H,1H3. The van der Waals surface area contributed by atoms with E-state index < -0.39 is 0 Å². The lowest BCUT2D eigenvalue weighted by atomic mass is 10.1. The van der Waals surface area contributed by atoms with Crippen LogP contribution in [0.1, 0.15) is 0 Å². The van der Waals surface area contributed by atoms with E-state index in [0.717, 1.165) is 5.69 Å². The average Bonchev–Trinajstić information content (AvgIpc) is 2.30. The minimum atomic E-state index is 0.124. The van der Waals surface area contributed by atoms with Gasteiger partial charge in [-0.2, -0.15) is 0 Å². The second-order valence-electron chi connectivity index (χ2n) is 3.07. The van der Waals surface area contributed by atoms with Gasteiger partial charge in [0.25, 0.3) is 0 Å². The maximum atomic E-state index is 9.88. The molecule has 0 unspecified atom stereocenters. The van der Waals surface area contributed by atoms with Crippen molar-refractivity contribution in [2.75, 3.05) is 7.11 Å². The maximum Gasteiger partial charge on any atom is 0.167 e. The van der Waals surface area contributed by atoms with Crippen molar-refractivity contribution in [2.45, 2.75) is 0 Å². The number of aromatic hydroxyl groups is 1. The molecule has 0 aliphatic carbocycles. The third-order valence-corrected chi connectivity index (χ3v) is 2.16. The Bertz CT molecular complexity index is 454. The third kappa shape index (κ3) is 1.76. The molecule has 3 heteroatoms. The first-order valence-electron chi connectivity index (χ1n) is 4.60. The highest BCUT2D eigenvalue weighted by Gasteiger charge is 2.09. The van der Waals surface area contributed by atoms with Crippen LogP contribution in [0.15, 0.2) is 42.6 Å². The summed E-state index contributed by atoms with van der Waals surface area (Å²) in [5, 5.41) is 9.88. The van der Waals surface area contributed by atoms with Gasteiger partial charge in [0.1, 0.15) is 0 Å². The number of hydrogen-bond donors (Lipinski definition) is 1. The van der Waals surface area contributed by atoms with Crippen LogP contribution in [0.25, 0.3) is 11.3 Å². The molecule has 0 bridgehead atoms. The van der Waals surface area contributed by atoms with Crippen molar-refractivity contribution in [3.63, 3.8) is 0 Å². The van der Waals surface area contributed by atoms with E-state index in [1.807, 2.05) is 24.3 Å². The minimum Gasteiger partial charge on any atom is -0.504 e. The smallest absolute Gasteiger partial charge is 0.167 e. The summed E-state index contributed by atoms with van der Waals surface area (Å²) < 4.78 is 5.03. The molecule has 2 aromatic rings. The molecule has 0 aliphatic rings. The van der Waals surface area contributed by atoms with Gasteiger partial charge in [-0.1, -0.05) is 12.1 Å². The Hall–Kier alpha value is -2.03. The molecule has 1 aromatic heterocycles. The second-order valence-corrected chi connectivity index (χ2v) is 3.07. The van der Waals surface area contributed by atoms with Gasteiger partial charge in [-0.25, -0.2) is 0 Å². The quantitative estimate of drug-likeness (QED) is 0.811. The van der Waals surface area contributed by atoms with E-state index in [2.05, 4.69) is 4.98 Å². The molecular formula is C12H11NO2. The molecule has 0 spiro atoms. The van der Waals surface area contributed by atoms with Gasteiger partial charge in [0, 0.05) is 11.8 Å². The molecule has 0 fully saturated rings. The summed E-state index contributed by atoms with van der Waals surface area (Å²) >= 11 is 0. The monoisotopic (exact) mass is 201 g/mol. The molecule has 0 amide bonds. The fourth-order valence-electron chi connectivity index (χ4n) is 1.42. The average molecular weight is 201 g/mol. The highest BCUT2D eigenvalue weighted by Crippen LogP contribution is 2.35. The number of benzene rings is 1. The summed E-state index contributed by atoms with van der Waals surface area (Å²) in [7, 11) is 1.53. The number of phenols is 1. The topological polar surface area (TPSA) is 42.4 Å². The van der Waals surface area contributed by atoms with Crippen LogP contribution in [0.3, 0.4) is 0 Å². The Morgan fingerprint density at radius 1 is 1.13 bits per heavy atom. The zero-order valence-corrected chi connectivity index (χ0v) is 8.34. The van der Waals surface area contributed by atoms with Crippen LogP contribution in [-0.2, 0) is 0 Å². The second kappa shape index (κ2) is 4.00. The highest BCUT2D eigenvalue weighted by atomic mass is 16.5. The Labute approximate surface area is 88.0 Å². The lowest BCUT2D eigenvalue weighted by Crippen LogP contribution is -1.87. The van der Waals surface area contributed by atoms with Gasteiger partial charge in [0.15, 0.2) is 11.5 Å². The van der Waals surface area contributed by atoms with Crippen LogP contribution in [0, 0.1) is 0 Å². The molecule has 1 aromatic carbocycles. The van der Waals surface area contributed by atoms with Gasteiger partial charge in [0.2, 0.25) is 0 Å². The minimum absolute atomic E-state index is 0.124. The number of phenolic OH excluding ortho intramolecular Hbond substituents is 1. The number of ether oxygens (including phenoxy) is 1. The molecule has 0 atom stereocenters. The summed E-state index contributed by atoms with van der Waals surface area (Å²) in [5.41, 5.74) is 1.41.